The second kappa shape index (κ2) is 9.16. The van der Waals surface area contributed by atoms with Gasteiger partial charge in [0.2, 0.25) is 0 Å². The maximum atomic E-state index is 5.74. The first-order chi connectivity index (χ1) is 13.2. The predicted molar refractivity (Wildman–Crippen MR) is 108 cm³/mol. The van der Waals surface area contributed by atoms with Crippen LogP contribution < -0.4 is 24.8 Å². The van der Waals surface area contributed by atoms with Crippen molar-refractivity contribution >= 4 is 11.6 Å². The molecule has 0 aromatic heterocycles. The summed E-state index contributed by atoms with van der Waals surface area (Å²) >= 11 is 0. The molecule has 0 aliphatic carbocycles. The zero-order chi connectivity index (χ0) is 19.1. The first-order valence-corrected chi connectivity index (χ1v) is 9.25. The largest absolute Gasteiger partial charge is 0.493 e. The molecule has 144 valence electrons. The molecule has 27 heavy (non-hydrogen) atoms. The second-order valence-electron chi connectivity index (χ2n) is 6.25. The predicted octanol–water partition coefficient (Wildman–Crippen LogP) is 3.65. The van der Waals surface area contributed by atoms with Crippen molar-refractivity contribution in [3.63, 3.8) is 0 Å². The number of hydrogen-bond acceptors (Lipinski definition) is 4. The highest BCUT2D eigenvalue weighted by Crippen LogP contribution is 2.33. The van der Waals surface area contributed by atoms with Crippen LogP contribution in [0.3, 0.4) is 0 Å². The van der Waals surface area contributed by atoms with E-state index >= 15 is 0 Å². The third-order valence-electron chi connectivity index (χ3n) is 4.55. The molecule has 0 radical (unpaired) electrons. The average molecular weight is 369 g/mol. The number of aliphatic imine (C=N–C) groups is 1. The number of nitrogens with zero attached hydrogens (tertiary/aromatic N) is 1. The van der Waals surface area contributed by atoms with Crippen molar-refractivity contribution in [2.24, 2.45) is 4.99 Å². The lowest BCUT2D eigenvalue weighted by Gasteiger charge is -2.26. The van der Waals surface area contributed by atoms with E-state index in [1.54, 1.807) is 14.2 Å². The van der Waals surface area contributed by atoms with Crippen molar-refractivity contribution in [2.45, 2.75) is 19.3 Å². The summed E-state index contributed by atoms with van der Waals surface area (Å²) in [5.41, 5.74) is 2.13. The Morgan fingerprint density at radius 1 is 1.22 bits per heavy atom. The molecule has 0 saturated heterocycles. The van der Waals surface area contributed by atoms with E-state index in [9.17, 15) is 0 Å². The molecule has 6 heteroatoms. The van der Waals surface area contributed by atoms with Gasteiger partial charge in [0.1, 0.15) is 5.75 Å². The minimum absolute atomic E-state index is 0.392. The fourth-order valence-electron chi connectivity index (χ4n) is 3.19. The smallest absolute Gasteiger partial charge is 0.195 e. The molecule has 2 N–H and O–H groups in total. The van der Waals surface area contributed by atoms with E-state index < -0.39 is 0 Å². The van der Waals surface area contributed by atoms with Crippen LogP contribution in [0.2, 0.25) is 0 Å². The standard InChI is InChI=1S/C21H27N3O3/c1-4-26-20-13-16(9-10-19(20)25-3)24-21(22-2)23-14-15-11-12-27-18-8-6-5-7-17(15)18/h5-10,13,15H,4,11-12,14H2,1-3H3,(H2,22,23,24). The van der Waals surface area contributed by atoms with Crippen molar-refractivity contribution in [2.75, 3.05) is 39.2 Å². The van der Waals surface area contributed by atoms with Crippen molar-refractivity contribution < 1.29 is 14.2 Å². The van der Waals surface area contributed by atoms with Gasteiger partial charge >= 0.3 is 0 Å². The van der Waals surface area contributed by atoms with Gasteiger partial charge in [-0.1, -0.05) is 18.2 Å². The summed E-state index contributed by atoms with van der Waals surface area (Å²) in [6.45, 7) is 4.06. The average Bonchev–Trinajstić information content (AvgIpc) is 2.71. The van der Waals surface area contributed by atoms with Crippen LogP contribution in [0.25, 0.3) is 0 Å². The molecule has 3 rings (SSSR count). The molecule has 1 atom stereocenters. The lowest BCUT2D eigenvalue weighted by atomic mass is 9.93. The molecular formula is C21H27N3O3. The number of para-hydroxylation sites is 1. The maximum absolute atomic E-state index is 5.74. The third-order valence-corrected chi connectivity index (χ3v) is 4.55. The number of guanidine groups is 1. The molecule has 1 unspecified atom stereocenters. The third kappa shape index (κ3) is 4.64. The molecular weight excluding hydrogens is 342 g/mol. The molecule has 0 spiro atoms. The molecule has 0 fully saturated rings. The molecule has 2 aromatic carbocycles. The quantitative estimate of drug-likeness (QED) is 0.601. The molecule has 1 aliphatic heterocycles. The van der Waals surface area contributed by atoms with Crippen LogP contribution in [0.1, 0.15) is 24.8 Å². The van der Waals surface area contributed by atoms with Gasteiger partial charge in [0.05, 0.1) is 20.3 Å². The number of anilines is 1. The Morgan fingerprint density at radius 3 is 2.85 bits per heavy atom. The molecule has 1 heterocycles. The van der Waals surface area contributed by atoms with Crippen LogP contribution in [0, 0.1) is 0 Å². The van der Waals surface area contributed by atoms with E-state index in [-0.39, 0.29) is 0 Å². The number of rotatable bonds is 6. The Morgan fingerprint density at radius 2 is 2.07 bits per heavy atom. The molecule has 0 bridgehead atoms. The van der Waals surface area contributed by atoms with Gasteiger partial charge in [-0.25, -0.2) is 0 Å². The van der Waals surface area contributed by atoms with E-state index in [4.69, 9.17) is 14.2 Å². The van der Waals surface area contributed by atoms with Gasteiger partial charge in [-0.3, -0.25) is 4.99 Å². The highest BCUT2D eigenvalue weighted by Gasteiger charge is 2.21. The maximum Gasteiger partial charge on any atom is 0.195 e. The van der Waals surface area contributed by atoms with Gasteiger partial charge in [0.25, 0.3) is 0 Å². The molecule has 0 amide bonds. The van der Waals surface area contributed by atoms with Gasteiger partial charge in [0.15, 0.2) is 17.5 Å². The summed E-state index contributed by atoms with van der Waals surface area (Å²) in [6, 6.07) is 14.0. The molecule has 6 nitrogen and oxygen atoms in total. The Kier molecular flexibility index (Phi) is 6.41. The number of nitrogens with one attached hydrogen (secondary N) is 2. The summed E-state index contributed by atoms with van der Waals surface area (Å²) < 4.78 is 16.7. The summed E-state index contributed by atoms with van der Waals surface area (Å²) in [4.78, 5) is 4.33. The van der Waals surface area contributed by atoms with Crippen LogP contribution in [0.5, 0.6) is 17.2 Å². The number of benzene rings is 2. The number of ether oxygens (including phenoxy) is 3. The van der Waals surface area contributed by atoms with Crippen molar-refractivity contribution in [1.82, 2.24) is 5.32 Å². The minimum Gasteiger partial charge on any atom is -0.493 e. The van der Waals surface area contributed by atoms with Gasteiger partial charge in [-0.05, 0) is 37.1 Å². The Bertz CT molecular complexity index is 792. The Labute approximate surface area is 160 Å². The summed E-state index contributed by atoms with van der Waals surface area (Å²) in [7, 11) is 3.40. The van der Waals surface area contributed by atoms with Crippen LogP contribution >= 0.6 is 0 Å². The lowest BCUT2D eigenvalue weighted by molar-refractivity contribution is 0.267. The summed E-state index contributed by atoms with van der Waals surface area (Å²) in [5.74, 6) is 3.51. The highest BCUT2D eigenvalue weighted by atomic mass is 16.5. The van der Waals surface area contributed by atoms with E-state index in [0.717, 1.165) is 31.0 Å². The highest BCUT2D eigenvalue weighted by molar-refractivity contribution is 5.93. The van der Waals surface area contributed by atoms with Gasteiger partial charge in [0, 0.05) is 31.3 Å². The number of fused-ring (bicyclic) bond motifs is 1. The van der Waals surface area contributed by atoms with Crippen molar-refractivity contribution in [3.05, 3.63) is 48.0 Å². The van der Waals surface area contributed by atoms with Crippen molar-refractivity contribution in [3.8, 4) is 17.2 Å². The summed E-state index contributed by atoms with van der Waals surface area (Å²) in [5, 5.41) is 6.73. The lowest BCUT2D eigenvalue weighted by Crippen LogP contribution is -2.35. The first-order valence-electron chi connectivity index (χ1n) is 9.25. The van der Waals surface area contributed by atoms with E-state index in [1.165, 1.54) is 5.56 Å². The first kappa shape index (κ1) is 18.9. The molecule has 0 saturated carbocycles. The molecule has 2 aromatic rings. The van der Waals surface area contributed by atoms with Crippen molar-refractivity contribution in [1.29, 1.82) is 0 Å². The van der Waals surface area contributed by atoms with Crippen LogP contribution in [0.15, 0.2) is 47.5 Å². The van der Waals surface area contributed by atoms with E-state index in [0.29, 0.717) is 30.0 Å². The second-order valence-corrected chi connectivity index (χ2v) is 6.25. The molecule has 1 aliphatic rings. The Balaban J connectivity index is 1.65. The SMILES string of the molecule is CCOc1cc(NC(=NC)NCC2CCOc3ccccc32)ccc1OC. The number of hydrogen-bond donors (Lipinski definition) is 2. The van der Waals surface area contributed by atoms with Gasteiger partial charge < -0.3 is 24.8 Å². The van der Waals surface area contributed by atoms with Gasteiger partial charge in [-0.2, -0.15) is 0 Å². The van der Waals surface area contributed by atoms with Crippen LogP contribution in [-0.4, -0.2) is 39.9 Å². The fourth-order valence-corrected chi connectivity index (χ4v) is 3.19. The summed E-state index contributed by atoms with van der Waals surface area (Å²) in [6.07, 6.45) is 0.984. The topological polar surface area (TPSA) is 64.1 Å². The van der Waals surface area contributed by atoms with Crippen LogP contribution in [-0.2, 0) is 0 Å². The minimum atomic E-state index is 0.392. The fraction of sp³-hybridized carbons (Fsp3) is 0.381. The zero-order valence-electron chi connectivity index (χ0n) is 16.1. The monoisotopic (exact) mass is 369 g/mol. The normalized spacial score (nSPS) is 16.1. The zero-order valence-corrected chi connectivity index (χ0v) is 16.1. The van der Waals surface area contributed by atoms with E-state index in [2.05, 4.69) is 27.8 Å². The van der Waals surface area contributed by atoms with E-state index in [1.807, 2.05) is 37.3 Å². The number of methoxy groups -OCH3 is 1. The van der Waals surface area contributed by atoms with Gasteiger partial charge in [-0.15, -0.1) is 0 Å². The van der Waals surface area contributed by atoms with Crippen LogP contribution in [0.4, 0.5) is 5.69 Å². The Hall–Kier alpha value is -2.89.